The van der Waals surface area contributed by atoms with Gasteiger partial charge in [0.15, 0.2) is 12.4 Å². The van der Waals surface area contributed by atoms with Gasteiger partial charge in [-0.1, -0.05) is 12.1 Å². The van der Waals surface area contributed by atoms with Crippen LogP contribution in [0.25, 0.3) is 0 Å². The number of nitrogens with one attached hydrogen (secondary N) is 1. The molecule has 1 heterocycles. The summed E-state index contributed by atoms with van der Waals surface area (Å²) in [7, 11) is 1.54. The van der Waals surface area contributed by atoms with Gasteiger partial charge in [0.05, 0.1) is 24.5 Å². The third-order valence-electron chi connectivity index (χ3n) is 3.83. The highest BCUT2D eigenvalue weighted by Gasteiger charge is 2.29. The lowest BCUT2D eigenvalue weighted by Crippen LogP contribution is -2.31. The van der Waals surface area contributed by atoms with Gasteiger partial charge in [0.1, 0.15) is 5.75 Å². The number of esters is 1. The lowest BCUT2D eigenvalue weighted by molar-refractivity contribution is -0.143. The van der Waals surface area contributed by atoms with Crippen LogP contribution in [0.5, 0.6) is 5.75 Å². The molecule has 2 aromatic carbocycles. The lowest BCUT2D eigenvalue weighted by Gasteiger charge is -2.23. The number of rotatable bonds is 6. The smallest absolute Gasteiger partial charge is 0.307 e. The number of thioether (sulfide) groups is 1. The normalized spacial score (nSPS) is 15.6. The zero-order valence-corrected chi connectivity index (χ0v) is 14.9. The van der Waals surface area contributed by atoms with Crippen LogP contribution in [0.15, 0.2) is 53.4 Å². The number of methoxy groups -OCH3 is 1. The van der Waals surface area contributed by atoms with E-state index >= 15 is 0 Å². The number of para-hydroxylation sites is 1. The SMILES string of the molecule is COc1ccc(C(=O)COC(=O)CC2Sc3ccccc3NC2=O)cc1. The number of fused-ring (bicyclic) bond motifs is 1. The number of benzene rings is 2. The summed E-state index contributed by atoms with van der Waals surface area (Å²) in [5.74, 6) is -0.503. The molecule has 3 rings (SSSR count). The predicted molar refractivity (Wildman–Crippen MR) is 97.6 cm³/mol. The van der Waals surface area contributed by atoms with Gasteiger partial charge in [-0.05, 0) is 36.4 Å². The van der Waals surface area contributed by atoms with E-state index in [1.807, 2.05) is 24.3 Å². The molecule has 0 bridgehead atoms. The van der Waals surface area contributed by atoms with E-state index in [1.165, 1.54) is 18.9 Å². The van der Waals surface area contributed by atoms with Gasteiger partial charge in [0.2, 0.25) is 5.91 Å². The molecule has 0 aromatic heterocycles. The van der Waals surface area contributed by atoms with Gasteiger partial charge in [0, 0.05) is 10.5 Å². The van der Waals surface area contributed by atoms with Crippen LogP contribution in [0.2, 0.25) is 0 Å². The average molecular weight is 371 g/mol. The molecule has 0 radical (unpaired) electrons. The zero-order chi connectivity index (χ0) is 18.5. The van der Waals surface area contributed by atoms with Crippen LogP contribution >= 0.6 is 11.8 Å². The van der Waals surface area contributed by atoms with Crippen molar-refractivity contribution in [2.24, 2.45) is 0 Å². The van der Waals surface area contributed by atoms with Crippen molar-refractivity contribution in [1.82, 2.24) is 0 Å². The van der Waals surface area contributed by atoms with E-state index in [0.717, 1.165) is 10.6 Å². The fourth-order valence-electron chi connectivity index (χ4n) is 2.44. The average Bonchev–Trinajstić information content (AvgIpc) is 2.66. The van der Waals surface area contributed by atoms with Crippen LogP contribution in [-0.4, -0.2) is 36.6 Å². The molecule has 1 atom stereocenters. The van der Waals surface area contributed by atoms with Crippen molar-refractivity contribution < 1.29 is 23.9 Å². The third-order valence-corrected chi connectivity index (χ3v) is 5.11. The topological polar surface area (TPSA) is 81.7 Å². The molecule has 6 nitrogen and oxygen atoms in total. The van der Waals surface area contributed by atoms with Crippen LogP contribution < -0.4 is 10.1 Å². The molecule has 0 spiro atoms. The van der Waals surface area contributed by atoms with Gasteiger partial charge in [-0.15, -0.1) is 11.8 Å². The van der Waals surface area contributed by atoms with E-state index in [-0.39, 0.29) is 24.7 Å². The molecule has 0 aliphatic carbocycles. The summed E-state index contributed by atoms with van der Waals surface area (Å²) >= 11 is 1.32. The summed E-state index contributed by atoms with van der Waals surface area (Å²) in [5, 5.41) is 2.20. The Bertz CT molecular complexity index is 834. The number of carbonyl (C=O) groups excluding carboxylic acids is 3. The van der Waals surface area contributed by atoms with Crippen LogP contribution in [0.4, 0.5) is 5.69 Å². The summed E-state index contributed by atoms with van der Waals surface area (Å²) in [5.41, 5.74) is 1.17. The summed E-state index contributed by atoms with van der Waals surface area (Å²) in [6, 6.07) is 13.9. The molecular weight excluding hydrogens is 354 g/mol. The van der Waals surface area contributed by atoms with E-state index < -0.39 is 11.2 Å². The van der Waals surface area contributed by atoms with Crippen molar-refractivity contribution in [3.8, 4) is 5.75 Å². The van der Waals surface area contributed by atoms with Crippen molar-refractivity contribution in [2.75, 3.05) is 19.0 Å². The molecule has 134 valence electrons. The van der Waals surface area contributed by atoms with E-state index in [2.05, 4.69) is 5.32 Å². The molecule has 7 heteroatoms. The molecular formula is C19H17NO5S. The largest absolute Gasteiger partial charge is 0.497 e. The van der Waals surface area contributed by atoms with Gasteiger partial charge in [0.25, 0.3) is 0 Å². The minimum Gasteiger partial charge on any atom is -0.497 e. The number of carbonyl (C=O) groups is 3. The van der Waals surface area contributed by atoms with Crippen molar-refractivity contribution in [2.45, 2.75) is 16.6 Å². The second-order valence-electron chi connectivity index (χ2n) is 5.61. The third kappa shape index (κ3) is 4.23. The molecule has 1 aliphatic heterocycles. The minimum atomic E-state index is -0.584. The molecule has 0 fully saturated rings. The Balaban J connectivity index is 1.52. The Morgan fingerprint density at radius 1 is 1.12 bits per heavy atom. The molecule has 2 aromatic rings. The first-order valence-corrected chi connectivity index (χ1v) is 8.84. The Morgan fingerprint density at radius 2 is 1.85 bits per heavy atom. The summed E-state index contributed by atoms with van der Waals surface area (Å²) in [6.45, 7) is -0.360. The molecule has 0 saturated carbocycles. The van der Waals surface area contributed by atoms with Crippen LogP contribution in [-0.2, 0) is 14.3 Å². The van der Waals surface area contributed by atoms with Crippen molar-refractivity contribution >= 4 is 35.1 Å². The molecule has 1 N–H and O–H groups in total. The highest BCUT2D eigenvalue weighted by atomic mass is 32.2. The van der Waals surface area contributed by atoms with Gasteiger partial charge in [-0.2, -0.15) is 0 Å². The highest BCUT2D eigenvalue weighted by molar-refractivity contribution is 8.01. The fraction of sp³-hybridized carbons (Fsp3) is 0.211. The van der Waals surface area contributed by atoms with Crippen molar-refractivity contribution in [1.29, 1.82) is 0 Å². The van der Waals surface area contributed by atoms with Gasteiger partial charge < -0.3 is 14.8 Å². The summed E-state index contributed by atoms with van der Waals surface area (Å²) in [6.07, 6.45) is -0.0965. The van der Waals surface area contributed by atoms with Gasteiger partial charge >= 0.3 is 5.97 Å². The summed E-state index contributed by atoms with van der Waals surface area (Å²) < 4.78 is 10.1. The molecule has 1 aliphatic rings. The first kappa shape index (κ1) is 18.0. The highest BCUT2D eigenvalue weighted by Crippen LogP contribution is 2.36. The van der Waals surface area contributed by atoms with Gasteiger partial charge in [-0.25, -0.2) is 0 Å². The summed E-state index contributed by atoms with van der Waals surface area (Å²) in [4.78, 5) is 37.1. The second kappa shape index (κ2) is 8.05. The number of hydrogen-bond donors (Lipinski definition) is 1. The quantitative estimate of drug-likeness (QED) is 0.621. The number of amides is 1. The second-order valence-corrected chi connectivity index (χ2v) is 6.85. The fourth-order valence-corrected chi connectivity index (χ4v) is 3.54. The minimum absolute atomic E-state index is 0.0965. The zero-order valence-electron chi connectivity index (χ0n) is 14.1. The first-order valence-electron chi connectivity index (χ1n) is 7.96. The number of ketones is 1. The van der Waals surface area contributed by atoms with Crippen LogP contribution in [0, 0.1) is 0 Å². The lowest BCUT2D eigenvalue weighted by atomic mass is 10.1. The molecule has 0 saturated heterocycles. The maximum atomic E-state index is 12.1. The standard InChI is InChI=1S/C19H17NO5S/c1-24-13-8-6-12(7-9-13)15(21)11-25-18(22)10-17-19(23)20-14-4-2-3-5-16(14)26-17/h2-9,17H,10-11H2,1H3,(H,20,23). The molecule has 1 amide bonds. The Morgan fingerprint density at radius 3 is 2.58 bits per heavy atom. The van der Waals surface area contributed by atoms with Crippen LogP contribution in [0.1, 0.15) is 16.8 Å². The van der Waals surface area contributed by atoms with E-state index in [4.69, 9.17) is 9.47 Å². The number of Topliss-reactive ketones (excluding diaryl/α,β-unsaturated/α-hetero) is 1. The van der Waals surface area contributed by atoms with Gasteiger partial charge in [-0.3, -0.25) is 14.4 Å². The first-order chi connectivity index (χ1) is 12.6. The number of hydrogen-bond acceptors (Lipinski definition) is 6. The maximum absolute atomic E-state index is 12.1. The Labute approximate surface area is 154 Å². The van der Waals surface area contributed by atoms with Crippen molar-refractivity contribution in [3.05, 3.63) is 54.1 Å². The molecule has 1 unspecified atom stereocenters. The number of ether oxygens (including phenoxy) is 2. The van der Waals surface area contributed by atoms with Crippen molar-refractivity contribution in [3.63, 3.8) is 0 Å². The molecule has 26 heavy (non-hydrogen) atoms. The predicted octanol–water partition coefficient (Wildman–Crippen LogP) is 2.92. The van der Waals surface area contributed by atoms with E-state index in [1.54, 1.807) is 24.3 Å². The van der Waals surface area contributed by atoms with E-state index in [0.29, 0.717) is 11.3 Å². The Hall–Kier alpha value is -2.80. The monoisotopic (exact) mass is 371 g/mol. The van der Waals surface area contributed by atoms with E-state index in [9.17, 15) is 14.4 Å². The maximum Gasteiger partial charge on any atom is 0.307 e. The Kier molecular flexibility index (Phi) is 5.58. The van der Waals surface area contributed by atoms with Crippen LogP contribution in [0.3, 0.4) is 0 Å². The number of anilines is 1.